The first-order valence-electron chi connectivity index (χ1n) is 8.49. The zero-order chi connectivity index (χ0) is 17.6. The van der Waals surface area contributed by atoms with E-state index in [-0.39, 0.29) is 25.1 Å². The molecule has 0 aliphatic carbocycles. The largest absolute Gasteiger partial charge is 0.445 e. The highest BCUT2D eigenvalue weighted by atomic mass is 32.1. The fraction of sp³-hybridized carbons (Fsp3) is 0.368. The van der Waals surface area contributed by atoms with E-state index in [4.69, 9.17) is 4.74 Å². The maximum absolute atomic E-state index is 12.5. The minimum Gasteiger partial charge on any atom is -0.445 e. The predicted octanol–water partition coefficient (Wildman–Crippen LogP) is 3.51. The average molecular weight is 358 g/mol. The number of hydrogen-bond acceptors (Lipinski definition) is 4. The second-order valence-electron chi connectivity index (χ2n) is 5.98. The Morgan fingerprint density at radius 2 is 2.08 bits per heavy atom. The van der Waals surface area contributed by atoms with Crippen molar-refractivity contribution in [2.75, 3.05) is 13.1 Å². The van der Waals surface area contributed by atoms with Crippen LogP contribution >= 0.6 is 11.3 Å². The van der Waals surface area contributed by atoms with Gasteiger partial charge in [0, 0.05) is 11.4 Å². The molecule has 0 unspecified atom stereocenters. The minimum absolute atomic E-state index is 0.0381. The highest BCUT2D eigenvalue weighted by molar-refractivity contribution is 7.10. The average Bonchev–Trinajstić information content (AvgIpc) is 3.13. The van der Waals surface area contributed by atoms with E-state index in [1.165, 1.54) is 10.4 Å². The van der Waals surface area contributed by atoms with Crippen molar-refractivity contribution in [2.24, 2.45) is 0 Å². The van der Waals surface area contributed by atoms with Gasteiger partial charge in [0.05, 0.1) is 6.04 Å². The summed E-state index contributed by atoms with van der Waals surface area (Å²) in [6, 6.07) is 11.7. The third kappa shape index (κ3) is 4.20. The molecule has 1 N–H and O–H groups in total. The van der Waals surface area contributed by atoms with E-state index >= 15 is 0 Å². The summed E-state index contributed by atoms with van der Waals surface area (Å²) in [6.07, 6.45) is 1.18. The van der Waals surface area contributed by atoms with Crippen molar-refractivity contribution in [3.05, 3.63) is 57.8 Å². The monoisotopic (exact) mass is 358 g/mol. The highest BCUT2D eigenvalue weighted by Crippen LogP contribution is 2.35. The normalized spacial score (nSPS) is 16.2. The van der Waals surface area contributed by atoms with Crippen LogP contribution in [0.4, 0.5) is 4.79 Å². The third-order valence-electron chi connectivity index (χ3n) is 4.40. The smallest absolute Gasteiger partial charge is 0.407 e. The molecule has 0 fully saturated rings. The van der Waals surface area contributed by atoms with Crippen molar-refractivity contribution < 1.29 is 14.3 Å². The molecule has 6 heteroatoms. The molecule has 0 spiro atoms. The van der Waals surface area contributed by atoms with E-state index < -0.39 is 6.09 Å². The lowest BCUT2D eigenvalue weighted by atomic mass is 9.98. The SMILES string of the molecule is CC[C@H]1c2ccsc2CCN1C(=O)CNC(=O)OCc1ccccc1. The van der Waals surface area contributed by atoms with Crippen molar-refractivity contribution in [3.8, 4) is 0 Å². The van der Waals surface area contributed by atoms with Crippen molar-refractivity contribution in [2.45, 2.75) is 32.4 Å². The minimum atomic E-state index is -0.571. The number of ether oxygens (including phenoxy) is 1. The van der Waals surface area contributed by atoms with Gasteiger partial charge in [0.2, 0.25) is 5.91 Å². The fourth-order valence-corrected chi connectivity index (χ4v) is 4.09. The van der Waals surface area contributed by atoms with Crippen molar-refractivity contribution >= 4 is 23.3 Å². The van der Waals surface area contributed by atoms with E-state index in [9.17, 15) is 9.59 Å². The van der Waals surface area contributed by atoms with E-state index in [2.05, 4.69) is 23.7 Å². The van der Waals surface area contributed by atoms with Crippen molar-refractivity contribution in [3.63, 3.8) is 0 Å². The van der Waals surface area contributed by atoms with Crippen LogP contribution in [0, 0.1) is 0 Å². The molecule has 1 aromatic heterocycles. The Hall–Kier alpha value is -2.34. The fourth-order valence-electron chi connectivity index (χ4n) is 3.16. The van der Waals surface area contributed by atoms with Crippen LogP contribution in [0.2, 0.25) is 0 Å². The second-order valence-corrected chi connectivity index (χ2v) is 6.98. The zero-order valence-corrected chi connectivity index (χ0v) is 15.1. The Bertz CT molecular complexity index is 729. The van der Waals surface area contributed by atoms with Gasteiger partial charge >= 0.3 is 6.09 Å². The second kappa shape index (κ2) is 8.16. The molecule has 0 bridgehead atoms. The number of benzene rings is 1. The molecule has 0 radical (unpaired) electrons. The molecule has 132 valence electrons. The number of amides is 2. The summed E-state index contributed by atoms with van der Waals surface area (Å²) >= 11 is 1.75. The first kappa shape index (κ1) is 17.5. The summed E-state index contributed by atoms with van der Waals surface area (Å²) < 4.78 is 5.14. The predicted molar refractivity (Wildman–Crippen MR) is 97.4 cm³/mol. The number of fused-ring (bicyclic) bond motifs is 1. The number of thiophene rings is 1. The maximum Gasteiger partial charge on any atom is 0.407 e. The van der Waals surface area contributed by atoms with Crippen molar-refractivity contribution in [1.82, 2.24) is 10.2 Å². The molecule has 1 atom stereocenters. The van der Waals surface area contributed by atoms with Crippen LogP contribution < -0.4 is 5.32 Å². The first-order chi connectivity index (χ1) is 12.2. The van der Waals surface area contributed by atoms with Crippen LogP contribution in [0.1, 0.15) is 35.4 Å². The Morgan fingerprint density at radius 1 is 1.28 bits per heavy atom. The van der Waals surface area contributed by atoms with Gasteiger partial charge in [-0.25, -0.2) is 4.79 Å². The molecule has 0 saturated carbocycles. The van der Waals surface area contributed by atoms with Crippen LogP contribution in [0.25, 0.3) is 0 Å². The van der Waals surface area contributed by atoms with Gasteiger partial charge in [-0.1, -0.05) is 37.3 Å². The number of nitrogens with zero attached hydrogens (tertiary/aromatic N) is 1. The summed E-state index contributed by atoms with van der Waals surface area (Å²) in [5.41, 5.74) is 2.16. The lowest BCUT2D eigenvalue weighted by Crippen LogP contribution is -2.44. The number of carbonyl (C=O) groups excluding carboxylic acids is 2. The first-order valence-corrected chi connectivity index (χ1v) is 9.37. The van der Waals surface area contributed by atoms with Crippen LogP contribution in [0.3, 0.4) is 0 Å². The lowest BCUT2D eigenvalue weighted by Gasteiger charge is -2.35. The number of rotatable bonds is 5. The maximum atomic E-state index is 12.5. The molecule has 2 aromatic rings. The molecule has 5 nitrogen and oxygen atoms in total. The summed E-state index contributed by atoms with van der Waals surface area (Å²) in [5, 5.41) is 4.65. The molecular weight excluding hydrogens is 336 g/mol. The molecule has 1 aromatic carbocycles. The molecule has 0 saturated heterocycles. The molecule has 25 heavy (non-hydrogen) atoms. The van der Waals surface area contributed by atoms with Crippen LogP contribution in [-0.2, 0) is 22.6 Å². The highest BCUT2D eigenvalue weighted by Gasteiger charge is 2.30. The Labute approximate surface area is 151 Å². The Morgan fingerprint density at radius 3 is 2.84 bits per heavy atom. The standard InChI is InChI=1S/C19H22N2O3S/c1-2-16-15-9-11-25-17(15)8-10-21(16)18(22)12-20-19(23)24-13-14-6-4-3-5-7-14/h3-7,9,11,16H,2,8,10,12-13H2,1H3,(H,20,23)/t16-/m0/s1. The van der Waals surface area contributed by atoms with Gasteiger partial charge in [0.15, 0.2) is 0 Å². The third-order valence-corrected chi connectivity index (χ3v) is 5.40. The number of alkyl carbamates (subject to hydrolysis) is 1. The number of carbonyl (C=O) groups is 2. The van der Waals surface area contributed by atoms with E-state index in [0.29, 0.717) is 6.54 Å². The Kier molecular flexibility index (Phi) is 5.71. The van der Waals surface area contributed by atoms with Gasteiger partial charge in [-0.3, -0.25) is 4.79 Å². The summed E-state index contributed by atoms with van der Waals surface area (Å²) in [7, 11) is 0. The van der Waals surface area contributed by atoms with Crippen LogP contribution in [0.15, 0.2) is 41.8 Å². The van der Waals surface area contributed by atoms with Gasteiger partial charge < -0.3 is 15.0 Å². The van der Waals surface area contributed by atoms with Gasteiger partial charge in [-0.15, -0.1) is 11.3 Å². The van der Waals surface area contributed by atoms with Gasteiger partial charge in [-0.2, -0.15) is 0 Å². The zero-order valence-electron chi connectivity index (χ0n) is 14.2. The number of hydrogen-bond donors (Lipinski definition) is 1. The van der Waals surface area contributed by atoms with Gasteiger partial charge in [0.1, 0.15) is 13.2 Å². The van der Waals surface area contributed by atoms with Crippen LogP contribution in [-0.4, -0.2) is 30.0 Å². The summed E-state index contributed by atoms with van der Waals surface area (Å²) in [5.74, 6) is -0.0691. The summed E-state index contributed by atoms with van der Waals surface area (Å²) in [6.45, 7) is 2.94. The topological polar surface area (TPSA) is 58.6 Å². The van der Waals surface area contributed by atoms with Crippen molar-refractivity contribution in [1.29, 1.82) is 0 Å². The number of nitrogens with one attached hydrogen (secondary N) is 1. The molecular formula is C19H22N2O3S. The van der Waals surface area contributed by atoms with E-state index in [1.807, 2.05) is 35.2 Å². The molecule has 1 aliphatic rings. The molecule has 3 rings (SSSR count). The van der Waals surface area contributed by atoms with Gasteiger partial charge in [-0.05, 0) is 35.4 Å². The Balaban J connectivity index is 1.50. The van der Waals surface area contributed by atoms with Gasteiger partial charge in [0.25, 0.3) is 0 Å². The molecule has 2 heterocycles. The van der Waals surface area contributed by atoms with Crippen LogP contribution in [0.5, 0.6) is 0 Å². The lowest BCUT2D eigenvalue weighted by molar-refractivity contribution is -0.133. The quantitative estimate of drug-likeness (QED) is 0.890. The molecule has 1 aliphatic heterocycles. The summed E-state index contributed by atoms with van der Waals surface area (Å²) in [4.78, 5) is 27.6. The molecule has 2 amide bonds. The van der Waals surface area contributed by atoms with E-state index in [0.717, 1.165) is 18.4 Å². The van der Waals surface area contributed by atoms with E-state index in [1.54, 1.807) is 11.3 Å².